The number of benzene rings is 1. The predicted molar refractivity (Wildman–Crippen MR) is 73.8 cm³/mol. The minimum Gasteiger partial charge on any atom is -0.496 e. The highest BCUT2D eigenvalue weighted by Crippen LogP contribution is 2.24. The number of ether oxygens (including phenoxy) is 1. The summed E-state index contributed by atoms with van der Waals surface area (Å²) < 4.78 is 6.93. The number of nitrogens with zero attached hydrogens (tertiary/aromatic N) is 2. The fraction of sp³-hybridized carbons (Fsp3) is 0.333. The third kappa shape index (κ3) is 2.38. The normalized spacial score (nSPS) is 10.6. The third-order valence-corrected chi connectivity index (χ3v) is 3.24. The largest absolute Gasteiger partial charge is 0.496 e. The van der Waals surface area contributed by atoms with Crippen molar-refractivity contribution in [3.63, 3.8) is 0 Å². The van der Waals surface area contributed by atoms with Crippen LogP contribution in [0.15, 0.2) is 18.3 Å². The molecule has 0 bridgehead atoms. The molecule has 1 heterocycles. The van der Waals surface area contributed by atoms with Crippen molar-refractivity contribution in [2.75, 3.05) is 7.11 Å². The topological polar surface area (TPSA) is 44.1 Å². The van der Waals surface area contributed by atoms with Gasteiger partial charge in [0.05, 0.1) is 18.4 Å². The molecule has 1 aromatic carbocycles. The Balaban J connectivity index is 2.50. The number of rotatable bonds is 3. The lowest BCUT2D eigenvalue weighted by atomic mass is 9.97. The highest BCUT2D eigenvalue weighted by atomic mass is 16.5. The molecule has 0 saturated heterocycles. The van der Waals surface area contributed by atoms with Gasteiger partial charge in [0.1, 0.15) is 5.75 Å². The molecule has 4 nitrogen and oxygen atoms in total. The van der Waals surface area contributed by atoms with E-state index in [0.717, 1.165) is 22.6 Å². The maximum atomic E-state index is 12.6. The molecule has 0 aliphatic carbocycles. The Labute approximate surface area is 113 Å². The van der Waals surface area contributed by atoms with E-state index in [-0.39, 0.29) is 5.78 Å². The lowest BCUT2D eigenvalue weighted by molar-refractivity contribution is 0.103. The number of carbonyl (C=O) groups is 1. The number of ketones is 1. The summed E-state index contributed by atoms with van der Waals surface area (Å²) >= 11 is 0. The average Bonchev–Trinajstić information content (AvgIpc) is 2.70. The Morgan fingerprint density at radius 1 is 1.16 bits per heavy atom. The number of hydrogen-bond donors (Lipinski definition) is 0. The Kier molecular flexibility index (Phi) is 3.42. The van der Waals surface area contributed by atoms with Crippen LogP contribution in [0.5, 0.6) is 5.75 Å². The van der Waals surface area contributed by atoms with Crippen LogP contribution in [0.1, 0.15) is 32.7 Å². The lowest BCUT2D eigenvalue weighted by Gasteiger charge is -2.10. The maximum Gasteiger partial charge on any atom is 0.196 e. The standard InChI is InChI=1S/C15H18N2O2/c1-9-7-14(19-5)10(2)6-12(9)15(18)13-8-17(4)16-11(13)3/h6-8H,1-5H3. The van der Waals surface area contributed by atoms with Crippen LogP contribution in [0.25, 0.3) is 0 Å². The van der Waals surface area contributed by atoms with E-state index in [0.29, 0.717) is 11.1 Å². The third-order valence-electron chi connectivity index (χ3n) is 3.24. The number of methoxy groups -OCH3 is 1. The van der Waals surface area contributed by atoms with Crippen molar-refractivity contribution < 1.29 is 9.53 Å². The van der Waals surface area contributed by atoms with Gasteiger partial charge in [-0.25, -0.2) is 0 Å². The SMILES string of the molecule is COc1cc(C)c(C(=O)c2cn(C)nc2C)cc1C. The molecule has 100 valence electrons. The molecule has 2 rings (SSSR count). The van der Waals surface area contributed by atoms with Gasteiger partial charge in [-0.3, -0.25) is 9.48 Å². The van der Waals surface area contributed by atoms with Crippen molar-refractivity contribution in [1.82, 2.24) is 9.78 Å². The maximum absolute atomic E-state index is 12.6. The van der Waals surface area contributed by atoms with Crippen LogP contribution in [0.4, 0.5) is 0 Å². The zero-order valence-corrected chi connectivity index (χ0v) is 11.9. The second-order valence-electron chi connectivity index (χ2n) is 4.77. The Hall–Kier alpha value is -2.10. The molecule has 0 N–H and O–H groups in total. The van der Waals surface area contributed by atoms with Crippen molar-refractivity contribution in [3.8, 4) is 5.75 Å². The summed E-state index contributed by atoms with van der Waals surface area (Å²) in [5, 5.41) is 4.21. The van der Waals surface area contributed by atoms with Crippen LogP contribution in [0.3, 0.4) is 0 Å². The predicted octanol–water partition coefficient (Wildman–Crippen LogP) is 2.58. The second-order valence-corrected chi connectivity index (χ2v) is 4.77. The van der Waals surface area contributed by atoms with Crippen LogP contribution >= 0.6 is 0 Å². The van der Waals surface area contributed by atoms with E-state index in [1.54, 1.807) is 18.0 Å². The first-order valence-electron chi connectivity index (χ1n) is 6.14. The van der Waals surface area contributed by atoms with Crippen LogP contribution in [0.2, 0.25) is 0 Å². The molecular weight excluding hydrogens is 240 g/mol. The molecule has 0 spiro atoms. The van der Waals surface area contributed by atoms with Gasteiger partial charge in [0.25, 0.3) is 0 Å². The first kappa shape index (κ1) is 13.3. The van der Waals surface area contributed by atoms with E-state index in [4.69, 9.17) is 4.74 Å². The van der Waals surface area contributed by atoms with Crippen LogP contribution in [-0.2, 0) is 7.05 Å². The molecule has 0 aliphatic rings. The van der Waals surface area contributed by atoms with Gasteiger partial charge < -0.3 is 4.74 Å². The Morgan fingerprint density at radius 2 is 1.84 bits per heavy atom. The van der Waals surface area contributed by atoms with E-state index in [1.807, 2.05) is 40.0 Å². The van der Waals surface area contributed by atoms with Gasteiger partial charge in [-0.05, 0) is 44.0 Å². The molecule has 0 radical (unpaired) electrons. The average molecular weight is 258 g/mol. The summed E-state index contributed by atoms with van der Waals surface area (Å²) in [6.45, 7) is 5.70. The van der Waals surface area contributed by atoms with E-state index in [9.17, 15) is 4.79 Å². The van der Waals surface area contributed by atoms with Crippen molar-refractivity contribution in [2.45, 2.75) is 20.8 Å². The minimum atomic E-state index is 0.00820. The molecule has 0 saturated carbocycles. The van der Waals surface area contributed by atoms with Gasteiger partial charge in [0.15, 0.2) is 5.78 Å². The summed E-state index contributed by atoms with van der Waals surface area (Å²) in [5.74, 6) is 0.811. The highest BCUT2D eigenvalue weighted by Gasteiger charge is 2.18. The van der Waals surface area contributed by atoms with Crippen LogP contribution < -0.4 is 4.74 Å². The van der Waals surface area contributed by atoms with Crippen molar-refractivity contribution in [3.05, 3.63) is 46.3 Å². The smallest absolute Gasteiger partial charge is 0.196 e. The molecule has 0 aliphatic heterocycles. The van der Waals surface area contributed by atoms with Crippen molar-refractivity contribution in [1.29, 1.82) is 0 Å². The molecule has 1 aromatic heterocycles. The lowest BCUT2D eigenvalue weighted by Crippen LogP contribution is -2.05. The molecule has 19 heavy (non-hydrogen) atoms. The van der Waals surface area contributed by atoms with Crippen LogP contribution in [-0.4, -0.2) is 22.7 Å². The Bertz CT molecular complexity index is 642. The molecule has 0 amide bonds. The second kappa shape index (κ2) is 4.88. The van der Waals surface area contributed by atoms with Crippen molar-refractivity contribution >= 4 is 5.78 Å². The fourth-order valence-electron chi connectivity index (χ4n) is 2.22. The molecule has 0 unspecified atom stereocenters. The minimum absolute atomic E-state index is 0.00820. The summed E-state index contributed by atoms with van der Waals surface area (Å²) in [5.41, 5.74) is 3.97. The van der Waals surface area contributed by atoms with Gasteiger partial charge in [-0.2, -0.15) is 5.10 Å². The summed E-state index contributed by atoms with van der Waals surface area (Å²) in [6, 6.07) is 3.78. The van der Waals surface area contributed by atoms with Gasteiger partial charge in [-0.1, -0.05) is 0 Å². The number of aryl methyl sites for hydroxylation is 4. The van der Waals surface area contributed by atoms with Gasteiger partial charge in [-0.15, -0.1) is 0 Å². The number of aromatic nitrogens is 2. The number of carbonyl (C=O) groups excluding carboxylic acids is 1. The molecule has 2 aromatic rings. The van der Waals surface area contributed by atoms with Gasteiger partial charge >= 0.3 is 0 Å². The van der Waals surface area contributed by atoms with Gasteiger partial charge in [0.2, 0.25) is 0 Å². The summed E-state index contributed by atoms with van der Waals surface area (Å²) in [7, 11) is 3.45. The van der Waals surface area contributed by atoms with E-state index < -0.39 is 0 Å². The molecule has 0 atom stereocenters. The molecule has 0 fully saturated rings. The van der Waals surface area contributed by atoms with Crippen molar-refractivity contribution in [2.24, 2.45) is 7.05 Å². The van der Waals surface area contributed by atoms with E-state index in [1.165, 1.54) is 0 Å². The zero-order valence-electron chi connectivity index (χ0n) is 11.9. The first-order valence-corrected chi connectivity index (χ1v) is 6.14. The molecular formula is C15H18N2O2. The molecule has 4 heteroatoms. The quantitative estimate of drug-likeness (QED) is 0.795. The highest BCUT2D eigenvalue weighted by molar-refractivity contribution is 6.10. The summed E-state index contributed by atoms with van der Waals surface area (Å²) in [6.07, 6.45) is 1.76. The number of hydrogen-bond acceptors (Lipinski definition) is 3. The summed E-state index contributed by atoms with van der Waals surface area (Å²) in [4.78, 5) is 12.6. The van der Waals surface area contributed by atoms with Gasteiger partial charge in [0, 0.05) is 18.8 Å². The van der Waals surface area contributed by atoms with E-state index >= 15 is 0 Å². The zero-order chi connectivity index (χ0) is 14.2. The Morgan fingerprint density at radius 3 is 2.37 bits per heavy atom. The fourth-order valence-corrected chi connectivity index (χ4v) is 2.22. The monoisotopic (exact) mass is 258 g/mol. The van der Waals surface area contributed by atoms with E-state index in [2.05, 4.69) is 5.10 Å². The van der Waals surface area contributed by atoms with Crippen LogP contribution in [0, 0.1) is 20.8 Å². The first-order chi connectivity index (χ1) is 8.93.